The van der Waals surface area contributed by atoms with Crippen molar-refractivity contribution in [2.45, 2.75) is 13.0 Å². The van der Waals surface area contributed by atoms with Crippen LogP contribution in [-0.2, 0) is 9.59 Å². The number of halogens is 1. The molecule has 1 fully saturated rings. The first-order chi connectivity index (χ1) is 14.4. The van der Waals surface area contributed by atoms with Gasteiger partial charge in [-0.15, -0.1) is 0 Å². The maximum Gasteiger partial charge on any atom is 0.301 e. The number of ether oxygens (including phenoxy) is 1. The maximum atomic E-state index is 13.0. The Morgan fingerprint density at radius 1 is 1.10 bits per heavy atom. The fourth-order valence-electron chi connectivity index (χ4n) is 3.36. The van der Waals surface area contributed by atoms with E-state index in [0.29, 0.717) is 27.6 Å². The molecule has 0 radical (unpaired) electrons. The van der Waals surface area contributed by atoms with Crippen molar-refractivity contribution in [1.29, 1.82) is 0 Å². The average molecular weight is 426 g/mol. The van der Waals surface area contributed by atoms with Gasteiger partial charge in [-0.2, -0.15) is 0 Å². The summed E-state index contributed by atoms with van der Waals surface area (Å²) in [7, 11) is 1.53. The van der Waals surface area contributed by atoms with Crippen LogP contribution in [0.4, 0.5) is 5.82 Å². The summed E-state index contributed by atoms with van der Waals surface area (Å²) in [6.07, 6.45) is 0. The molecule has 0 aliphatic carbocycles. The van der Waals surface area contributed by atoms with Crippen LogP contribution in [0.2, 0.25) is 5.02 Å². The molecule has 9 heteroatoms. The molecular formula is C21H16ClN3O5. The van der Waals surface area contributed by atoms with Crippen molar-refractivity contribution in [3.05, 3.63) is 75.9 Å². The van der Waals surface area contributed by atoms with Crippen LogP contribution in [0.25, 0.3) is 5.76 Å². The Balaban J connectivity index is 1.93. The minimum absolute atomic E-state index is 0.0742. The second-order valence-corrected chi connectivity index (χ2v) is 7.06. The van der Waals surface area contributed by atoms with Crippen LogP contribution in [0.5, 0.6) is 5.75 Å². The van der Waals surface area contributed by atoms with E-state index in [4.69, 9.17) is 21.0 Å². The van der Waals surface area contributed by atoms with Crippen molar-refractivity contribution in [1.82, 2.24) is 10.3 Å². The number of aromatic nitrogens is 2. The lowest BCUT2D eigenvalue weighted by atomic mass is 9.95. The standard InChI is InChI=1S/C21H16ClN3O5/c1-11-20(24-30-23-11)25-17(12-5-9-15(29-2)10-6-12)16(19(27)21(25)28)18(26)13-3-7-14(22)8-4-13/h3-10,17,26H,1-2H3/b18-16+. The SMILES string of the molecule is COc1ccc(C2/C(=C(\O)c3ccc(Cl)cc3)C(=O)C(=O)N2c2nonc2C)cc1. The highest BCUT2D eigenvalue weighted by atomic mass is 35.5. The van der Waals surface area contributed by atoms with Crippen molar-refractivity contribution in [2.24, 2.45) is 0 Å². The summed E-state index contributed by atoms with van der Waals surface area (Å²) in [6.45, 7) is 1.61. The predicted octanol–water partition coefficient (Wildman–Crippen LogP) is 3.67. The normalized spacial score (nSPS) is 18.1. The highest BCUT2D eigenvalue weighted by molar-refractivity contribution is 6.51. The van der Waals surface area contributed by atoms with Gasteiger partial charge in [0.15, 0.2) is 0 Å². The molecule has 0 bridgehead atoms. The van der Waals surface area contributed by atoms with Crippen molar-refractivity contribution >= 4 is 34.9 Å². The molecule has 1 aliphatic rings. The molecule has 152 valence electrons. The second kappa shape index (κ2) is 7.64. The fourth-order valence-corrected chi connectivity index (χ4v) is 3.49. The zero-order valence-corrected chi connectivity index (χ0v) is 16.8. The number of aliphatic hydroxyl groups is 1. The molecule has 0 saturated carbocycles. The highest BCUT2D eigenvalue weighted by Crippen LogP contribution is 2.42. The summed E-state index contributed by atoms with van der Waals surface area (Å²) >= 11 is 5.92. The number of amides is 1. The van der Waals surface area contributed by atoms with Crippen LogP contribution in [0, 0.1) is 6.92 Å². The van der Waals surface area contributed by atoms with Gasteiger partial charge in [-0.05, 0) is 54.0 Å². The van der Waals surface area contributed by atoms with Gasteiger partial charge in [0.25, 0.3) is 5.78 Å². The molecule has 8 nitrogen and oxygen atoms in total. The fraction of sp³-hybridized carbons (Fsp3) is 0.143. The molecule has 1 unspecified atom stereocenters. The lowest BCUT2D eigenvalue weighted by molar-refractivity contribution is -0.132. The molecular weight excluding hydrogens is 410 g/mol. The number of benzene rings is 2. The van der Waals surface area contributed by atoms with E-state index in [-0.39, 0.29) is 17.2 Å². The van der Waals surface area contributed by atoms with E-state index >= 15 is 0 Å². The van der Waals surface area contributed by atoms with Gasteiger partial charge in [0.1, 0.15) is 17.2 Å². The number of nitrogens with zero attached hydrogens (tertiary/aromatic N) is 3. The Hall–Kier alpha value is -3.65. The highest BCUT2D eigenvalue weighted by Gasteiger charge is 2.48. The van der Waals surface area contributed by atoms with E-state index in [2.05, 4.69) is 10.3 Å². The quantitative estimate of drug-likeness (QED) is 0.386. The van der Waals surface area contributed by atoms with Crippen molar-refractivity contribution in [2.75, 3.05) is 12.0 Å². The Labute approximate surface area is 176 Å². The lowest BCUT2D eigenvalue weighted by Gasteiger charge is -2.23. The first-order valence-electron chi connectivity index (χ1n) is 8.92. The molecule has 30 heavy (non-hydrogen) atoms. The third-order valence-corrected chi connectivity index (χ3v) is 5.10. The number of aryl methyl sites for hydroxylation is 1. The number of ketones is 1. The Bertz CT molecular complexity index is 1150. The summed E-state index contributed by atoms with van der Waals surface area (Å²) < 4.78 is 9.93. The molecule has 1 atom stereocenters. The maximum absolute atomic E-state index is 13.0. The lowest BCUT2D eigenvalue weighted by Crippen LogP contribution is -2.30. The number of hydrogen-bond acceptors (Lipinski definition) is 7. The van der Waals surface area contributed by atoms with Crippen molar-refractivity contribution in [3.8, 4) is 5.75 Å². The number of hydrogen-bond donors (Lipinski definition) is 1. The second-order valence-electron chi connectivity index (χ2n) is 6.62. The zero-order chi connectivity index (χ0) is 21.4. The average Bonchev–Trinajstić information content (AvgIpc) is 3.28. The van der Waals surface area contributed by atoms with Gasteiger partial charge >= 0.3 is 5.91 Å². The van der Waals surface area contributed by atoms with Crippen LogP contribution in [0.15, 0.2) is 58.7 Å². The van der Waals surface area contributed by atoms with Crippen LogP contribution in [-0.4, -0.2) is 34.2 Å². The van der Waals surface area contributed by atoms with Gasteiger partial charge in [0, 0.05) is 10.6 Å². The van der Waals surface area contributed by atoms with Crippen LogP contribution < -0.4 is 9.64 Å². The van der Waals surface area contributed by atoms with Crippen molar-refractivity contribution in [3.63, 3.8) is 0 Å². The molecule has 2 aromatic carbocycles. The smallest absolute Gasteiger partial charge is 0.301 e. The molecule has 4 rings (SSSR count). The number of anilines is 1. The molecule has 1 aliphatic heterocycles. The van der Waals surface area contributed by atoms with Gasteiger partial charge in [-0.3, -0.25) is 14.5 Å². The minimum Gasteiger partial charge on any atom is -0.507 e. The summed E-state index contributed by atoms with van der Waals surface area (Å²) in [5.74, 6) is -1.29. The topological polar surface area (TPSA) is 106 Å². The van der Waals surface area contributed by atoms with Crippen LogP contribution >= 0.6 is 11.6 Å². The van der Waals surface area contributed by atoms with E-state index < -0.39 is 17.7 Å². The molecule has 3 aromatic rings. The number of carbonyl (C=O) groups excluding carboxylic acids is 2. The number of carbonyl (C=O) groups is 2. The van der Waals surface area contributed by atoms with E-state index in [1.807, 2.05) is 0 Å². The third-order valence-electron chi connectivity index (χ3n) is 4.85. The largest absolute Gasteiger partial charge is 0.507 e. The van der Waals surface area contributed by atoms with E-state index in [1.54, 1.807) is 55.5 Å². The third kappa shape index (κ3) is 3.21. The predicted molar refractivity (Wildman–Crippen MR) is 108 cm³/mol. The zero-order valence-electron chi connectivity index (χ0n) is 16.0. The number of aliphatic hydroxyl groups excluding tert-OH is 1. The Morgan fingerprint density at radius 3 is 2.33 bits per heavy atom. The molecule has 2 heterocycles. The van der Waals surface area contributed by atoms with Crippen molar-refractivity contribution < 1.29 is 24.1 Å². The molecule has 1 N–H and O–H groups in total. The van der Waals surface area contributed by atoms with E-state index in [1.165, 1.54) is 12.0 Å². The monoisotopic (exact) mass is 425 g/mol. The first-order valence-corrected chi connectivity index (χ1v) is 9.30. The van der Waals surface area contributed by atoms with Gasteiger partial charge in [-0.25, -0.2) is 4.63 Å². The number of methoxy groups -OCH3 is 1. The number of Topliss-reactive ketones (excluding diaryl/α,β-unsaturated/α-hetero) is 1. The van der Waals surface area contributed by atoms with Crippen LogP contribution in [0.3, 0.4) is 0 Å². The molecule has 1 saturated heterocycles. The minimum atomic E-state index is -0.933. The summed E-state index contributed by atoms with van der Waals surface area (Å²) in [4.78, 5) is 27.1. The van der Waals surface area contributed by atoms with Gasteiger partial charge in [0.2, 0.25) is 5.82 Å². The van der Waals surface area contributed by atoms with Crippen LogP contribution in [0.1, 0.15) is 22.9 Å². The Morgan fingerprint density at radius 2 is 1.77 bits per heavy atom. The summed E-state index contributed by atoms with van der Waals surface area (Å²) in [5, 5.41) is 18.9. The molecule has 0 spiro atoms. The summed E-state index contributed by atoms with van der Waals surface area (Å²) in [5.41, 5.74) is 1.19. The van der Waals surface area contributed by atoms with Gasteiger partial charge in [0.05, 0.1) is 18.7 Å². The Kier molecular flexibility index (Phi) is 5.01. The van der Waals surface area contributed by atoms with E-state index in [0.717, 1.165) is 0 Å². The van der Waals surface area contributed by atoms with Gasteiger partial charge < -0.3 is 9.84 Å². The molecule has 1 aromatic heterocycles. The molecule has 1 amide bonds. The van der Waals surface area contributed by atoms with Gasteiger partial charge in [-0.1, -0.05) is 28.9 Å². The summed E-state index contributed by atoms with van der Waals surface area (Å²) in [6, 6.07) is 12.2. The first kappa shape index (κ1) is 19.7. The van der Waals surface area contributed by atoms with E-state index in [9.17, 15) is 14.7 Å². The number of rotatable bonds is 4.